The summed E-state index contributed by atoms with van der Waals surface area (Å²) in [5.74, 6) is 5.99. The number of hydrogen-bond donors (Lipinski definition) is 2. The first kappa shape index (κ1) is 13.8. The van der Waals surface area contributed by atoms with Crippen LogP contribution in [-0.4, -0.2) is 29.9 Å². The number of rotatable bonds is 5. The summed E-state index contributed by atoms with van der Waals surface area (Å²) in [7, 11) is 0. The fourth-order valence-electron chi connectivity index (χ4n) is 3.68. The zero-order valence-corrected chi connectivity index (χ0v) is 11.4. The van der Waals surface area contributed by atoms with Crippen LogP contribution in [0.5, 0.6) is 0 Å². The third-order valence-corrected chi connectivity index (χ3v) is 4.62. The second-order valence-corrected chi connectivity index (χ2v) is 5.81. The van der Waals surface area contributed by atoms with Crippen molar-refractivity contribution in [3.8, 4) is 0 Å². The van der Waals surface area contributed by atoms with Gasteiger partial charge in [-0.3, -0.25) is 10.2 Å². The summed E-state index contributed by atoms with van der Waals surface area (Å²) in [4.78, 5) is 13.7. The number of hydrazine groups is 1. The average molecular weight is 253 g/mol. The highest BCUT2D eigenvalue weighted by Gasteiger charge is 2.32. The van der Waals surface area contributed by atoms with Gasteiger partial charge in [0.15, 0.2) is 0 Å². The lowest BCUT2D eigenvalue weighted by Crippen LogP contribution is -2.47. The molecule has 1 amide bonds. The van der Waals surface area contributed by atoms with E-state index in [1.54, 1.807) is 0 Å². The van der Waals surface area contributed by atoms with Crippen LogP contribution in [0.2, 0.25) is 0 Å². The van der Waals surface area contributed by atoms with Crippen molar-refractivity contribution in [3.05, 3.63) is 0 Å². The predicted octanol–water partition coefficient (Wildman–Crippen LogP) is 1.80. The van der Waals surface area contributed by atoms with E-state index < -0.39 is 0 Å². The monoisotopic (exact) mass is 253 g/mol. The highest BCUT2D eigenvalue weighted by molar-refractivity contribution is 5.75. The van der Waals surface area contributed by atoms with Gasteiger partial charge >= 0.3 is 0 Å². The number of likely N-dealkylation sites (tertiary alicyclic amines) is 1. The van der Waals surface area contributed by atoms with Crippen molar-refractivity contribution < 1.29 is 4.79 Å². The van der Waals surface area contributed by atoms with E-state index in [0.717, 1.165) is 24.8 Å². The summed E-state index contributed by atoms with van der Waals surface area (Å²) < 4.78 is 0. The van der Waals surface area contributed by atoms with Crippen LogP contribution in [-0.2, 0) is 4.79 Å². The Hall–Kier alpha value is -0.610. The molecule has 0 aromatic carbocycles. The maximum Gasteiger partial charge on any atom is 0.233 e. The molecule has 1 aliphatic carbocycles. The van der Waals surface area contributed by atoms with E-state index in [9.17, 15) is 4.79 Å². The van der Waals surface area contributed by atoms with Gasteiger partial charge in [-0.15, -0.1) is 0 Å². The third kappa shape index (κ3) is 3.69. The molecule has 4 nitrogen and oxygen atoms in total. The largest absolute Gasteiger partial charge is 0.300 e. The van der Waals surface area contributed by atoms with E-state index in [2.05, 4.69) is 10.3 Å². The number of hydrogen-bond acceptors (Lipinski definition) is 3. The summed E-state index contributed by atoms with van der Waals surface area (Å²) in [5, 5.41) is 0. The molecule has 2 fully saturated rings. The van der Waals surface area contributed by atoms with Crippen molar-refractivity contribution in [2.45, 2.75) is 63.8 Å². The zero-order chi connectivity index (χ0) is 12.8. The molecule has 1 saturated heterocycles. The number of carbonyl (C=O) groups excluding carboxylic acids is 1. The Morgan fingerprint density at radius 2 is 1.94 bits per heavy atom. The topological polar surface area (TPSA) is 58.4 Å². The molecule has 0 radical (unpaired) electrons. The van der Waals surface area contributed by atoms with Crippen LogP contribution in [0.15, 0.2) is 0 Å². The molecule has 0 aromatic heterocycles. The number of fused-ring (bicyclic) bond motifs is 1. The van der Waals surface area contributed by atoms with Crippen LogP contribution < -0.4 is 11.3 Å². The third-order valence-electron chi connectivity index (χ3n) is 4.62. The van der Waals surface area contributed by atoms with Crippen LogP contribution in [0.1, 0.15) is 57.8 Å². The molecule has 1 heterocycles. The molecule has 1 aliphatic heterocycles. The Bertz CT molecular complexity index is 268. The van der Waals surface area contributed by atoms with Crippen molar-refractivity contribution in [2.24, 2.45) is 11.8 Å². The van der Waals surface area contributed by atoms with Crippen LogP contribution in [0.3, 0.4) is 0 Å². The minimum absolute atomic E-state index is 0.0378. The molecule has 18 heavy (non-hydrogen) atoms. The van der Waals surface area contributed by atoms with E-state index in [1.165, 1.54) is 51.6 Å². The lowest BCUT2D eigenvalue weighted by Gasteiger charge is -2.44. The molecule has 104 valence electrons. The maximum atomic E-state index is 11.0. The fraction of sp³-hybridized carbons (Fsp3) is 0.929. The maximum absolute atomic E-state index is 11.0. The predicted molar refractivity (Wildman–Crippen MR) is 72.7 cm³/mol. The van der Waals surface area contributed by atoms with Gasteiger partial charge in [-0.05, 0) is 57.5 Å². The number of nitrogens with one attached hydrogen (secondary N) is 1. The Morgan fingerprint density at radius 1 is 1.17 bits per heavy atom. The quantitative estimate of drug-likeness (QED) is 0.340. The van der Waals surface area contributed by atoms with E-state index in [-0.39, 0.29) is 5.91 Å². The number of piperidine rings is 1. The number of nitrogens with two attached hydrogens (primary N) is 1. The number of nitrogens with zero attached hydrogens (tertiary/aromatic N) is 1. The molecule has 4 heteroatoms. The van der Waals surface area contributed by atoms with Gasteiger partial charge in [-0.25, -0.2) is 5.84 Å². The van der Waals surface area contributed by atoms with Gasteiger partial charge in [-0.2, -0.15) is 0 Å². The first-order valence-corrected chi connectivity index (χ1v) is 7.55. The number of amides is 1. The SMILES string of the molecule is NNC(=O)CCCCN1CCC[C@H]2CCCC[C@H]21. The molecule has 1 saturated carbocycles. The molecule has 0 unspecified atom stereocenters. The van der Waals surface area contributed by atoms with Gasteiger partial charge < -0.3 is 4.90 Å². The van der Waals surface area contributed by atoms with Crippen molar-refractivity contribution in [1.29, 1.82) is 0 Å². The summed E-state index contributed by atoms with van der Waals surface area (Å²) in [6.07, 6.45) is 11.1. The lowest BCUT2D eigenvalue weighted by molar-refractivity contribution is -0.121. The second kappa shape index (κ2) is 7.10. The summed E-state index contributed by atoms with van der Waals surface area (Å²) in [6.45, 7) is 2.43. The zero-order valence-electron chi connectivity index (χ0n) is 11.4. The van der Waals surface area contributed by atoms with Crippen LogP contribution in [0.4, 0.5) is 0 Å². The van der Waals surface area contributed by atoms with Gasteiger partial charge in [-0.1, -0.05) is 12.8 Å². The smallest absolute Gasteiger partial charge is 0.233 e. The van der Waals surface area contributed by atoms with Gasteiger partial charge in [0.25, 0.3) is 0 Å². The molecule has 3 N–H and O–H groups in total. The molecule has 2 atom stereocenters. The first-order valence-electron chi connectivity index (χ1n) is 7.55. The molecule has 0 spiro atoms. The van der Waals surface area contributed by atoms with Crippen LogP contribution in [0, 0.1) is 5.92 Å². The van der Waals surface area contributed by atoms with E-state index in [1.807, 2.05) is 0 Å². The Morgan fingerprint density at radius 3 is 2.78 bits per heavy atom. The Kier molecular flexibility index (Phi) is 5.45. The minimum Gasteiger partial charge on any atom is -0.300 e. The summed E-state index contributed by atoms with van der Waals surface area (Å²) in [5.41, 5.74) is 2.20. The van der Waals surface area contributed by atoms with Gasteiger partial charge in [0.2, 0.25) is 5.91 Å². The minimum atomic E-state index is -0.0378. The summed E-state index contributed by atoms with van der Waals surface area (Å²) >= 11 is 0. The molecule has 0 aromatic rings. The average Bonchev–Trinajstić information content (AvgIpc) is 2.43. The van der Waals surface area contributed by atoms with E-state index in [4.69, 9.17) is 5.84 Å². The van der Waals surface area contributed by atoms with Crippen molar-refractivity contribution in [3.63, 3.8) is 0 Å². The van der Waals surface area contributed by atoms with Gasteiger partial charge in [0.05, 0.1) is 0 Å². The molecular weight excluding hydrogens is 226 g/mol. The Balaban J connectivity index is 1.69. The van der Waals surface area contributed by atoms with Crippen LogP contribution >= 0.6 is 0 Å². The molecule has 2 rings (SSSR count). The number of unbranched alkanes of at least 4 members (excludes halogenated alkanes) is 1. The van der Waals surface area contributed by atoms with Gasteiger partial charge in [0, 0.05) is 12.5 Å². The summed E-state index contributed by atoms with van der Waals surface area (Å²) in [6, 6.07) is 0.843. The highest BCUT2D eigenvalue weighted by Crippen LogP contribution is 2.35. The van der Waals surface area contributed by atoms with Crippen molar-refractivity contribution >= 4 is 5.91 Å². The van der Waals surface area contributed by atoms with Crippen molar-refractivity contribution in [1.82, 2.24) is 10.3 Å². The van der Waals surface area contributed by atoms with E-state index in [0.29, 0.717) is 6.42 Å². The van der Waals surface area contributed by atoms with Gasteiger partial charge in [0.1, 0.15) is 0 Å². The molecule has 0 bridgehead atoms. The normalized spacial score (nSPS) is 28.7. The van der Waals surface area contributed by atoms with Crippen LogP contribution in [0.25, 0.3) is 0 Å². The Labute approximate surface area is 110 Å². The van der Waals surface area contributed by atoms with Crippen molar-refractivity contribution in [2.75, 3.05) is 13.1 Å². The lowest BCUT2D eigenvalue weighted by atomic mass is 9.78. The molecular formula is C14H27N3O. The first-order chi connectivity index (χ1) is 8.81. The second-order valence-electron chi connectivity index (χ2n) is 5.81. The fourth-order valence-corrected chi connectivity index (χ4v) is 3.68. The number of carbonyl (C=O) groups is 1. The standard InChI is InChI=1S/C14H27N3O/c15-16-14(18)9-3-4-10-17-11-5-7-12-6-1-2-8-13(12)17/h12-13H,1-11,15H2,(H,16,18)/t12-,13-/m1/s1. The highest BCUT2D eigenvalue weighted by atomic mass is 16.2. The molecule has 2 aliphatic rings. The van der Waals surface area contributed by atoms with E-state index >= 15 is 0 Å².